The number of allylic oxidation sites excluding steroid dienone is 1. The van der Waals surface area contributed by atoms with Crippen molar-refractivity contribution in [1.82, 2.24) is 19.9 Å². The van der Waals surface area contributed by atoms with Crippen LogP contribution < -0.4 is 16.4 Å². The summed E-state index contributed by atoms with van der Waals surface area (Å²) in [7, 11) is 1.90. The molecule has 0 aliphatic carbocycles. The zero-order chi connectivity index (χ0) is 25.3. The number of imidazole rings is 1. The highest BCUT2D eigenvalue weighted by Crippen LogP contribution is 2.36. The first-order valence-corrected chi connectivity index (χ1v) is 13.2. The molecule has 3 aromatic rings. The maximum Gasteiger partial charge on any atom is 0.109 e. The molecule has 4 N–H and O–H groups in total. The number of amidine groups is 1. The summed E-state index contributed by atoms with van der Waals surface area (Å²) < 4.78 is 2.44. The van der Waals surface area contributed by atoms with Gasteiger partial charge < -0.3 is 20.9 Å². The third-order valence-electron chi connectivity index (χ3n) is 6.64. The molecule has 4 rings (SSSR count). The summed E-state index contributed by atoms with van der Waals surface area (Å²) in [5.41, 5.74) is 13.7. The summed E-state index contributed by atoms with van der Waals surface area (Å²) >= 11 is 0. The number of nitrogens with one attached hydrogen (secondary N) is 2. The number of anilines is 1. The van der Waals surface area contributed by atoms with Crippen LogP contribution in [0.1, 0.15) is 63.2 Å². The van der Waals surface area contributed by atoms with Gasteiger partial charge in [0.25, 0.3) is 0 Å². The van der Waals surface area contributed by atoms with Crippen molar-refractivity contribution in [2.75, 3.05) is 18.9 Å². The molecule has 1 aliphatic heterocycles. The van der Waals surface area contributed by atoms with Gasteiger partial charge in [-0.25, -0.2) is 9.98 Å². The molecule has 7 heteroatoms. The summed E-state index contributed by atoms with van der Waals surface area (Å²) in [5.74, 6) is 1.81. The Morgan fingerprint density at radius 1 is 1.11 bits per heavy atom. The molecule has 36 heavy (non-hydrogen) atoms. The van der Waals surface area contributed by atoms with Crippen LogP contribution >= 0.6 is 0 Å². The zero-order valence-electron chi connectivity index (χ0n) is 21.8. The minimum atomic E-state index is 0.607. The summed E-state index contributed by atoms with van der Waals surface area (Å²) in [5, 5.41) is 6.67. The van der Waals surface area contributed by atoms with E-state index in [1.165, 1.54) is 11.5 Å². The Morgan fingerprint density at radius 3 is 2.72 bits per heavy atom. The second-order valence-electron chi connectivity index (χ2n) is 9.25. The average Bonchev–Trinajstić information content (AvgIpc) is 3.16. The molecular formula is C29H39N7. The highest BCUT2D eigenvalue weighted by molar-refractivity contribution is 5.92. The first-order valence-electron chi connectivity index (χ1n) is 13.2. The Balaban J connectivity index is 1.39. The molecule has 7 nitrogen and oxygen atoms in total. The number of aryl methyl sites for hydroxylation is 1. The number of hydrogen-bond donors (Lipinski definition) is 3. The van der Waals surface area contributed by atoms with Crippen molar-refractivity contribution in [3.63, 3.8) is 0 Å². The van der Waals surface area contributed by atoms with Crippen LogP contribution in [0.3, 0.4) is 0 Å². The van der Waals surface area contributed by atoms with Crippen molar-refractivity contribution >= 4 is 22.9 Å². The largest absolute Gasteiger partial charge is 0.387 e. The van der Waals surface area contributed by atoms with E-state index in [2.05, 4.69) is 56.4 Å². The number of nitrogens with zero attached hydrogens (tertiary/aromatic N) is 4. The van der Waals surface area contributed by atoms with Gasteiger partial charge in [0, 0.05) is 38.5 Å². The fourth-order valence-corrected chi connectivity index (χ4v) is 4.72. The number of aromatic nitrogens is 3. The fourth-order valence-electron chi connectivity index (χ4n) is 4.72. The van der Waals surface area contributed by atoms with Crippen LogP contribution in [0.2, 0.25) is 0 Å². The Labute approximate surface area is 215 Å². The Bertz CT molecular complexity index is 1200. The van der Waals surface area contributed by atoms with E-state index >= 15 is 0 Å². The lowest BCUT2D eigenvalue weighted by Crippen LogP contribution is -2.15. The number of hydrogen-bond acceptors (Lipinski definition) is 6. The lowest BCUT2D eigenvalue weighted by molar-refractivity contribution is 0.561. The molecule has 0 saturated carbocycles. The van der Waals surface area contributed by atoms with Crippen LogP contribution in [0.15, 0.2) is 53.7 Å². The third-order valence-corrected chi connectivity index (χ3v) is 6.64. The predicted molar refractivity (Wildman–Crippen MR) is 151 cm³/mol. The Morgan fingerprint density at radius 2 is 1.97 bits per heavy atom. The van der Waals surface area contributed by atoms with E-state index in [1.54, 1.807) is 0 Å². The van der Waals surface area contributed by atoms with E-state index in [4.69, 9.17) is 10.7 Å². The van der Waals surface area contributed by atoms with E-state index in [1.807, 2.05) is 38.4 Å². The van der Waals surface area contributed by atoms with Gasteiger partial charge in [-0.3, -0.25) is 4.98 Å². The summed E-state index contributed by atoms with van der Waals surface area (Å²) in [6.45, 7) is 6.16. The summed E-state index contributed by atoms with van der Waals surface area (Å²) in [6.07, 6.45) is 11.2. The molecule has 1 aromatic carbocycles. The van der Waals surface area contributed by atoms with E-state index < -0.39 is 0 Å². The second-order valence-corrected chi connectivity index (χ2v) is 9.25. The van der Waals surface area contributed by atoms with Crippen LogP contribution in [0.4, 0.5) is 11.4 Å². The molecule has 1 aliphatic rings. The second kappa shape index (κ2) is 12.4. The van der Waals surface area contributed by atoms with Crippen LogP contribution in [0.5, 0.6) is 0 Å². The van der Waals surface area contributed by atoms with Gasteiger partial charge in [-0.1, -0.05) is 37.6 Å². The standard InChI is InChI=1S/C29H39N7/c1-4-6-14-28-35-26-19-27(30)34-24-13-9-8-12-22(24)29(26)36(28)18-11-7-10-17-32-23(5-2)25-16-15-21(31-3)20-33-25/h5,8-9,12-13,15-16,20,31-32H,4,6-7,10-11,14,17-19H2,1-3H3,(H2,30,34)/b23-5+. The number of fused-ring (bicyclic) bond motifs is 3. The molecule has 0 spiro atoms. The lowest BCUT2D eigenvalue weighted by Gasteiger charge is -2.14. The molecule has 190 valence electrons. The van der Waals surface area contributed by atoms with Crippen molar-refractivity contribution in [2.45, 2.75) is 65.3 Å². The maximum absolute atomic E-state index is 6.25. The van der Waals surface area contributed by atoms with Crippen LogP contribution in [0.25, 0.3) is 17.0 Å². The summed E-state index contributed by atoms with van der Waals surface area (Å²) in [4.78, 5) is 14.3. The van der Waals surface area contributed by atoms with E-state index in [0.717, 1.165) is 85.6 Å². The minimum absolute atomic E-state index is 0.607. The van der Waals surface area contributed by atoms with Gasteiger partial charge in [-0.2, -0.15) is 0 Å². The van der Waals surface area contributed by atoms with Gasteiger partial charge in [0.15, 0.2) is 0 Å². The summed E-state index contributed by atoms with van der Waals surface area (Å²) in [6, 6.07) is 12.4. The minimum Gasteiger partial charge on any atom is -0.387 e. The number of unbranched alkanes of at least 4 members (excludes halogenated alkanes) is 3. The van der Waals surface area contributed by atoms with E-state index in [9.17, 15) is 0 Å². The first kappa shape index (κ1) is 25.5. The van der Waals surface area contributed by atoms with Gasteiger partial charge >= 0.3 is 0 Å². The van der Waals surface area contributed by atoms with Crippen molar-refractivity contribution in [2.24, 2.45) is 10.7 Å². The fraction of sp³-hybridized carbons (Fsp3) is 0.414. The first-order chi connectivity index (χ1) is 17.6. The number of benzene rings is 1. The quantitative estimate of drug-likeness (QED) is 0.286. The molecular weight excluding hydrogens is 446 g/mol. The van der Waals surface area contributed by atoms with Crippen LogP contribution in [0, 0.1) is 0 Å². The molecule has 0 atom stereocenters. The van der Waals surface area contributed by atoms with E-state index in [0.29, 0.717) is 12.3 Å². The molecule has 0 fully saturated rings. The molecule has 2 aromatic heterocycles. The Hall–Kier alpha value is -3.61. The molecule has 0 saturated heterocycles. The van der Waals surface area contributed by atoms with Crippen LogP contribution in [-0.4, -0.2) is 34.0 Å². The molecule has 0 amide bonds. The highest BCUT2D eigenvalue weighted by atomic mass is 15.1. The number of para-hydroxylation sites is 1. The van der Waals surface area contributed by atoms with Crippen LogP contribution in [-0.2, 0) is 19.4 Å². The SMILES string of the molecule is C/C=C(/NCCCCCn1c(CCCC)nc2c1-c1ccccc1N=C(N)C2)c1ccc(NC)cn1. The molecule has 0 radical (unpaired) electrons. The monoisotopic (exact) mass is 485 g/mol. The van der Waals surface area contributed by atoms with Gasteiger partial charge in [0.05, 0.1) is 40.4 Å². The van der Waals surface area contributed by atoms with Gasteiger partial charge in [0.1, 0.15) is 11.7 Å². The maximum atomic E-state index is 6.25. The van der Waals surface area contributed by atoms with E-state index in [-0.39, 0.29) is 0 Å². The molecule has 3 heterocycles. The van der Waals surface area contributed by atoms with Crippen molar-refractivity contribution in [3.8, 4) is 11.3 Å². The average molecular weight is 486 g/mol. The number of pyridine rings is 1. The van der Waals surface area contributed by atoms with Crippen molar-refractivity contribution in [3.05, 3.63) is 65.9 Å². The number of aliphatic imine (C=N–C) groups is 1. The third kappa shape index (κ3) is 5.96. The topological polar surface area (TPSA) is 93.2 Å². The van der Waals surface area contributed by atoms with Crippen molar-refractivity contribution < 1.29 is 0 Å². The highest BCUT2D eigenvalue weighted by Gasteiger charge is 2.23. The molecule has 0 unspecified atom stereocenters. The number of nitrogens with two attached hydrogens (primary N) is 1. The lowest BCUT2D eigenvalue weighted by atomic mass is 10.1. The molecule has 0 bridgehead atoms. The Kier molecular flexibility index (Phi) is 8.76. The zero-order valence-corrected chi connectivity index (χ0v) is 21.8. The van der Waals surface area contributed by atoms with Crippen molar-refractivity contribution in [1.29, 1.82) is 0 Å². The number of rotatable bonds is 12. The van der Waals surface area contributed by atoms with Gasteiger partial charge in [-0.15, -0.1) is 0 Å². The van der Waals surface area contributed by atoms with Gasteiger partial charge in [0.2, 0.25) is 0 Å². The normalized spacial score (nSPS) is 13.0. The predicted octanol–water partition coefficient (Wildman–Crippen LogP) is 5.70. The smallest absolute Gasteiger partial charge is 0.109 e. The van der Waals surface area contributed by atoms with Gasteiger partial charge in [-0.05, 0) is 50.8 Å².